The van der Waals surface area contributed by atoms with Crippen molar-refractivity contribution in [2.75, 3.05) is 59.2 Å². The predicted molar refractivity (Wildman–Crippen MR) is 295 cm³/mol. The molecule has 13 heteroatoms. The number of benzene rings is 2. The van der Waals surface area contributed by atoms with E-state index in [0.29, 0.717) is 26.3 Å². The summed E-state index contributed by atoms with van der Waals surface area (Å²) in [5, 5.41) is 14.6. The number of amides is 5. The molecule has 2 aromatic rings. The van der Waals surface area contributed by atoms with E-state index in [1.54, 1.807) is 0 Å². The van der Waals surface area contributed by atoms with Crippen molar-refractivity contribution in [3.63, 3.8) is 0 Å². The number of fused-ring (bicyclic) bond motifs is 3. The van der Waals surface area contributed by atoms with Crippen molar-refractivity contribution in [3.8, 4) is 11.1 Å². The summed E-state index contributed by atoms with van der Waals surface area (Å²) >= 11 is 0. The van der Waals surface area contributed by atoms with E-state index in [4.69, 9.17) is 14.2 Å². The van der Waals surface area contributed by atoms with Gasteiger partial charge in [0.15, 0.2) is 0 Å². The molecule has 73 heavy (non-hydrogen) atoms. The molecule has 1 aliphatic carbocycles. The van der Waals surface area contributed by atoms with Crippen LogP contribution in [0.3, 0.4) is 0 Å². The van der Waals surface area contributed by atoms with Gasteiger partial charge in [-0.05, 0) is 54.4 Å². The molecule has 5 amide bonds. The highest BCUT2D eigenvalue weighted by molar-refractivity contribution is 5.87. The van der Waals surface area contributed by atoms with Gasteiger partial charge in [0.2, 0.25) is 23.6 Å². The van der Waals surface area contributed by atoms with Crippen LogP contribution in [-0.2, 0) is 33.4 Å². The third-order valence-electron chi connectivity index (χ3n) is 14.2. The Labute approximate surface area is 441 Å². The van der Waals surface area contributed by atoms with Crippen molar-refractivity contribution in [3.05, 3.63) is 59.7 Å². The number of unbranched alkanes of at least 4 members (excludes halogenated alkanes) is 16. The first kappa shape index (κ1) is 62.8. The molecular weight excluding hydrogens is 919 g/mol. The smallest absolute Gasteiger partial charge is 0.407 e. The minimum Gasteiger partial charge on any atom is -0.449 e. The molecular formula is C60H99N5O8. The van der Waals surface area contributed by atoms with Gasteiger partial charge in [0.25, 0.3) is 0 Å². The maximum atomic E-state index is 13.6. The quantitative estimate of drug-likeness (QED) is 0.0408. The molecule has 0 aromatic heterocycles. The summed E-state index contributed by atoms with van der Waals surface area (Å²) in [6, 6.07) is 15.1. The van der Waals surface area contributed by atoms with E-state index in [2.05, 4.69) is 66.4 Å². The molecule has 3 rings (SSSR count). The summed E-state index contributed by atoms with van der Waals surface area (Å²) in [4.78, 5) is 66.2. The maximum Gasteiger partial charge on any atom is 0.407 e. The van der Waals surface area contributed by atoms with E-state index in [0.717, 1.165) is 86.5 Å². The number of hydrogen-bond acceptors (Lipinski definition) is 8. The molecule has 13 nitrogen and oxygen atoms in total. The fourth-order valence-corrected chi connectivity index (χ4v) is 9.82. The van der Waals surface area contributed by atoms with Crippen LogP contribution in [0.25, 0.3) is 11.1 Å². The maximum absolute atomic E-state index is 13.6. The number of carbonyl (C=O) groups is 5. The lowest BCUT2D eigenvalue weighted by Gasteiger charge is -2.20. The lowest BCUT2D eigenvalue weighted by atomic mass is 9.93. The van der Waals surface area contributed by atoms with E-state index in [1.807, 2.05) is 36.4 Å². The SMILES string of the molecule is CCCCCCCCC(CCCCCC)C(=O)NCCOCCNC(=O)CC[C@H](NC(=O)OCC1c2ccccc2-c2ccccc21)C(=O)NCCOCCNC(=O)C(CCCCCC)CCCCCCCC. The van der Waals surface area contributed by atoms with E-state index in [-0.39, 0.29) is 81.2 Å². The zero-order valence-electron chi connectivity index (χ0n) is 45.9. The van der Waals surface area contributed by atoms with Crippen LogP contribution in [0.2, 0.25) is 0 Å². The summed E-state index contributed by atoms with van der Waals surface area (Å²) in [5.41, 5.74) is 4.37. The summed E-state index contributed by atoms with van der Waals surface area (Å²) < 4.78 is 17.3. The molecule has 0 fully saturated rings. The topological polar surface area (TPSA) is 173 Å². The van der Waals surface area contributed by atoms with E-state index >= 15 is 0 Å². The third kappa shape index (κ3) is 27.0. The number of nitrogens with one attached hydrogen (secondary N) is 5. The largest absolute Gasteiger partial charge is 0.449 e. The zero-order valence-corrected chi connectivity index (χ0v) is 45.9. The number of ether oxygens (including phenoxy) is 3. The first-order chi connectivity index (χ1) is 35.7. The minimum absolute atomic E-state index is 0.0199. The molecule has 0 spiro atoms. The van der Waals surface area contributed by atoms with Gasteiger partial charge in [0.1, 0.15) is 12.6 Å². The van der Waals surface area contributed by atoms with Gasteiger partial charge in [-0.3, -0.25) is 19.2 Å². The second-order valence-corrected chi connectivity index (χ2v) is 20.2. The third-order valence-corrected chi connectivity index (χ3v) is 14.2. The number of hydrogen-bond donors (Lipinski definition) is 5. The van der Waals surface area contributed by atoms with Crippen molar-refractivity contribution in [2.45, 2.75) is 207 Å². The predicted octanol–water partition coefficient (Wildman–Crippen LogP) is 11.8. The van der Waals surface area contributed by atoms with Gasteiger partial charge in [0.05, 0.1) is 26.4 Å². The van der Waals surface area contributed by atoms with Gasteiger partial charge in [-0.1, -0.05) is 205 Å². The van der Waals surface area contributed by atoms with Crippen LogP contribution in [0.15, 0.2) is 48.5 Å². The lowest BCUT2D eigenvalue weighted by molar-refractivity contribution is -0.126. The molecule has 0 saturated carbocycles. The molecule has 0 aliphatic heterocycles. The van der Waals surface area contributed by atoms with Crippen LogP contribution in [0.1, 0.15) is 212 Å². The fraction of sp³-hybridized carbons (Fsp3) is 0.717. The summed E-state index contributed by atoms with van der Waals surface area (Å²) in [7, 11) is 0. The van der Waals surface area contributed by atoms with Gasteiger partial charge in [0, 0.05) is 50.4 Å². The van der Waals surface area contributed by atoms with Crippen LogP contribution in [0.5, 0.6) is 0 Å². The Morgan fingerprint density at radius 1 is 0.452 bits per heavy atom. The molecule has 5 N–H and O–H groups in total. The fourth-order valence-electron chi connectivity index (χ4n) is 9.82. The van der Waals surface area contributed by atoms with Crippen molar-refractivity contribution >= 4 is 29.7 Å². The van der Waals surface area contributed by atoms with Crippen LogP contribution in [-0.4, -0.2) is 95.0 Å². The Morgan fingerprint density at radius 2 is 0.822 bits per heavy atom. The minimum atomic E-state index is -1.04. The molecule has 0 saturated heterocycles. The second kappa shape index (κ2) is 40.8. The van der Waals surface area contributed by atoms with Crippen LogP contribution >= 0.6 is 0 Å². The zero-order chi connectivity index (χ0) is 52.6. The van der Waals surface area contributed by atoms with E-state index in [9.17, 15) is 24.0 Å². The summed E-state index contributed by atoms with van der Waals surface area (Å²) in [5.74, 6) is -0.642. The number of rotatable bonds is 45. The van der Waals surface area contributed by atoms with Gasteiger partial charge in [-0.15, -0.1) is 0 Å². The van der Waals surface area contributed by atoms with Crippen molar-refractivity contribution < 1.29 is 38.2 Å². The van der Waals surface area contributed by atoms with Gasteiger partial charge in [-0.2, -0.15) is 0 Å². The summed E-state index contributed by atoms with van der Waals surface area (Å²) in [6.45, 7) is 11.3. The van der Waals surface area contributed by atoms with Crippen LogP contribution in [0, 0.1) is 11.8 Å². The van der Waals surface area contributed by atoms with Gasteiger partial charge >= 0.3 is 6.09 Å². The first-order valence-corrected chi connectivity index (χ1v) is 29.1. The molecule has 2 unspecified atom stereocenters. The summed E-state index contributed by atoms with van der Waals surface area (Å²) in [6.07, 6.45) is 26.6. The van der Waals surface area contributed by atoms with Crippen molar-refractivity contribution in [1.29, 1.82) is 0 Å². The second-order valence-electron chi connectivity index (χ2n) is 20.2. The molecule has 3 atom stereocenters. The number of alkyl carbamates (subject to hydrolysis) is 1. The Kier molecular flexibility index (Phi) is 35.1. The molecule has 0 heterocycles. The standard InChI is InChI=1S/C60H99N5O8/c1-5-9-13-17-19-23-31-48(29-21-15-11-7-3)57(67)62-40-44-71-43-39-61-56(66)38-37-55(65-60(70)73-47-54-52-35-27-25-33-50(52)51-34-26-28-36-53(51)54)59(69)64-42-46-72-45-41-63-58(68)49(30-22-16-12-8-4)32-24-20-18-14-10-6-2/h25-28,33-36,48-49,54-55H,5-24,29-32,37-47H2,1-4H3,(H,61,66)(H,62,67)(H,63,68)(H,64,69)(H,65,70)/t48?,49?,55-/m0/s1. The van der Waals surface area contributed by atoms with E-state index < -0.39 is 18.0 Å². The van der Waals surface area contributed by atoms with Crippen molar-refractivity contribution in [2.24, 2.45) is 11.8 Å². The highest BCUT2D eigenvalue weighted by Crippen LogP contribution is 2.44. The van der Waals surface area contributed by atoms with E-state index in [1.165, 1.54) is 89.9 Å². The molecule has 2 aromatic carbocycles. The molecule has 1 aliphatic rings. The van der Waals surface area contributed by atoms with Crippen LogP contribution < -0.4 is 26.6 Å². The molecule has 412 valence electrons. The van der Waals surface area contributed by atoms with Crippen LogP contribution in [0.4, 0.5) is 4.79 Å². The van der Waals surface area contributed by atoms with Crippen molar-refractivity contribution in [1.82, 2.24) is 26.6 Å². The highest BCUT2D eigenvalue weighted by atomic mass is 16.5. The first-order valence-electron chi connectivity index (χ1n) is 29.1. The van der Waals surface area contributed by atoms with Gasteiger partial charge < -0.3 is 40.8 Å². The number of carbonyl (C=O) groups excluding carboxylic acids is 5. The Morgan fingerprint density at radius 3 is 1.26 bits per heavy atom. The highest BCUT2D eigenvalue weighted by Gasteiger charge is 2.30. The Balaban J connectivity index is 1.45. The average Bonchev–Trinajstić information content (AvgIpc) is 3.72. The monoisotopic (exact) mass is 1020 g/mol. The average molecular weight is 1020 g/mol. The Bertz CT molecular complexity index is 1760. The molecule has 0 radical (unpaired) electrons. The Hall–Kier alpha value is -4.49. The molecule has 0 bridgehead atoms. The van der Waals surface area contributed by atoms with Gasteiger partial charge in [-0.25, -0.2) is 4.79 Å². The normalized spacial score (nSPS) is 13.1. The lowest BCUT2D eigenvalue weighted by Crippen LogP contribution is -2.48.